The predicted molar refractivity (Wildman–Crippen MR) is 150 cm³/mol. The molecule has 1 aliphatic heterocycles. The first-order valence-electron chi connectivity index (χ1n) is 11.6. The van der Waals surface area contributed by atoms with Crippen molar-refractivity contribution < 1.29 is 14.3 Å². The van der Waals surface area contributed by atoms with Crippen molar-refractivity contribution in [3.63, 3.8) is 0 Å². The number of hydrazine groups is 1. The Morgan fingerprint density at radius 2 is 1.69 bits per heavy atom. The SMILES string of the molecule is Cc1ccccc1C(=O)NN1C(=O)/C(=C\c2ccc(OCc3ccc(C(C)(C)C)cc3)cc2)SC1=S. The monoisotopic (exact) mass is 516 g/mol. The third kappa shape index (κ3) is 6.04. The minimum Gasteiger partial charge on any atom is -0.489 e. The third-order valence-electron chi connectivity index (χ3n) is 5.80. The molecule has 0 aliphatic carbocycles. The molecule has 0 saturated carbocycles. The normalized spacial score (nSPS) is 14.9. The molecule has 2 amide bonds. The fourth-order valence-electron chi connectivity index (χ4n) is 3.63. The number of hydrogen-bond donors (Lipinski definition) is 1. The van der Waals surface area contributed by atoms with Gasteiger partial charge in [0.05, 0.1) is 4.91 Å². The van der Waals surface area contributed by atoms with E-state index in [1.165, 1.54) is 5.56 Å². The Labute approximate surface area is 221 Å². The molecule has 1 aliphatic rings. The average Bonchev–Trinajstić information content (AvgIpc) is 3.10. The molecule has 1 N–H and O–H groups in total. The minimum absolute atomic E-state index is 0.121. The van der Waals surface area contributed by atoms with Crippen molar-refractivity contribution in [1.82, 2.24) is 10.4 Å². The molecule has 1 heterocycles. The van der Waals surface area contributed by atoms with Crippen LogP contribution in [0, 0.1) is 6.92 Å². The molecular weight excluding hydrogens is 488 g/mol. The zero-order valence-electron chi connectivity index (χ0n) is 20.7. The molecule has 0 aromatic heterocycles. The van der Waals surface area contributed by atoms with E-state index in [9.17, 15) is 9.59 Å². The van der Waals surface area contributed by atoms with E-state index in [0.717, 1.165) is 39.2 Å². The van der Waals surface area contributed by atoms with Gasteiger partial charge in [0.2, 0.25) is 0 Å². The second-order valence-electron chi connectivity index (χ2n) is 9.58. The fraction of sp³-hybridized carbons (Fsp3) is 0.207. The maximum atomic E-state index is 12.9. The molecule has 4 rings (SSSR count). The summed E-state index contributed by atoms with van der Waals surface area (Å²) in [6.45, 7) is 8.90. The lowest BCUT2D eigenvalue weighted by Crippen LogP contribution is -2.45. The Morgan fingerprint density at radius 1 is 1.03 bits per heavy atom. The van der Waals surface area contributed by atoms with E-state index in [1.54, 1.807) is 18.2 Å². The van der Waals surface area contributed by atoms with Gasteiger partial charge in [-0.1, -0.05) is 87.1 Å². The van der Waals surface area contributed by atoms with E-state index < -0.39 is 0 Å². The summed E-state index contributed by atoms with van der Waals surface area (Å²) in [6.07, 6.45) is 1.76. The lowest BCUT2D eigenvalue weighted by molar-refractivity contribution is -0.123. The second kappa shape index (κ2) is 10.7. The quantitative estimate of drug-likeness (QED) is 0.303. The minimum atomic E-state index is -0.375. The number of nitrogens with one attached hydrogen (secondary N) is 1. The summed E-state index contributed by atoms with van der Waals surface area (Å²) in [6, 6.07) is 23.2. The first-order valence-corrected chi connectivity index (χ1v) is 12.8. The number of carbonyl (C=O) groups excluding carboxylic acids is 2. The number of hydrogen-bond acceptors (Lipinski definition) is 5. The summed E-state index contributed by atoms with van der Waals surface area (Å²) in [4.78, 5) is 26.0. The zero-order valence-corrected chi connectivity index (χ0v) is 22.3. The number of ether oxygens (including phenoxy) is 1. The van der Waals surface area contributed by atoms with Gasteiger partial charge in [-0.25, -0.2) is 0 Å². The topological polar surface area (TPSA) is 58.6 Å². The number of thioether (sulfide) groups is 1. The van der Waals surface area contributed by atoms with Gasteiger partial charge in [-0.05, 0) is 71.1 Å². The Bertz CT molecular complexity index is 1320. The van der Waals surface area contributed by atoms with E-state index in [4.69, 9.17) is 17.0 Å². The van der Waals surface area contributed by atoms with Crippen LogP contribution in [-0.4, -0.2) is 21.1 Å². The van der Waals surface area contributed by atoms with E-state index in [2.05, 4.69) is 50.5 Å². The van der Waals surface area contributed by atoms with Gasteiger partial charge in [0, 0.05) is 5.56 Å². The molecule has 7 heteroatoms. The number of nitrogens with zero attached hydrogens (tertiary/aromatic N) is 1. The van der Waals surface area contributed by atoms with Gasteiger partial charge in [0.15, 0.2) is 4.32 Å². The summed E-state index contributed by atoms with van der Waals surface area (Å²) < 4.78 is 6.21. The highest BCUT2D eigenvalue weighted by Gasteiger charge is 2.34. The fourth-order valence-corrected chi connectivity index (χ4v) is 4.81. The largest absolute Gasteiger partial charge is 0.489 e. The van der Waals surface area contributed by atoms with Crippen LogP contribution in [0.3, 0.4) is 0 Å². The van der Waals surface area contributed by atoms with Crippen molar-refractivity contribution in [2.24, 2.45) is 0 Å². The molecule has 184 valence electrons. The maximum Gasteiger partial charge on any atom is 0.285 e. The summed E-state index contributed by atoms with van der Waals surface area (Å²) in [5.74, 6) is 0.0104. The molecule has 1 saturated heterocycles. The van der Waals surface area contributed by atoms with Crippen molar-refractivity contribution in [1.29, 1.82) is 0 Å². The van der Waals surface area contributed by atoms with Crippen molar-refractivity contribution in [3.05, 3.63) is 106 Å². The van der Waals surface area contributed by atoms with Gasteiger partial charge in [-0.15, -0.1) is 0 Å². The Morgan fingerprint density at radius 3 is 2.33 bits per heavy atom. The lowest BCUT2D eigenvalue weighted by Gasteiger charge is -2.19. The van der Waals surface area contributed by atoms with Crippen LogP contribution in [-0.2, 0) is 16.8 Å². The molecule has 0 radical (unpaired) electrons. The number of benzene rings is 3. The number of carbonyl (C=O) groups is 2. The number of rotatable bonds is 6. The van der Waals surface area contributed by atoms with Gasteiger partial charge in [-0.2, -0.15) is 5.01 Å². The third-order valence-corrected chi connectivity index (χ3v) is 7.10. The molecule has 0 spiro atoms. The first kappa shape index (κ1) is 25.7. The van der Waals surface area contributed by atoms with Gasteiger partial charge >= 0.3 is 0 Å². The molecule has 0 atom stereocenters. The van der Waals surface area contributed by atoms with E-state index in [1.807, 2.05) is 43.3 Å². The molecule has 0 unspecified atom stereocenters. The number of amides is 2. The summed E-state index contributed by atoms with van der Waals surface area (Å²) in [7, 11) is 0. The average molecular weight is 517 g/mol. The van der Waals surface area contributed by atoms with Crippen LogP contribution in [0.2, 0.25) is 0 Å². The van der Waals surface area contributed by atoms with E-state index in [0.29, 0.717) is 17.1 Å². The smallest absolute Gasteiger partial charge is 0.285 e. The van der Waals surface area contributed by atoms with Crippen LogP contribution in [0.5, 0.6) is 5.75 Å². The zero-order chi connectivity index (χ0) is 25.9. The molecule has 0 bridgehead atoms. The van der Waals surface area contributed by atoms with Crippen LogP contribution >= 0.6 is 24.0 Å². The van der Waals surface area contributed by atoms with Crippen LogP contribution in [0.25, 0.3) is 6.08 Å². The van der Waals surface area contributed by atoms with Crippen LogP contribution < -0.4 is 10.2 Å². The Kier molecular flexibility index (Phi) is 7.62. The van der Waals surface area contributed by atoms with E-state index >= 15 is 0 Å². The highest BCUT2D eigenvalue weighted by atomic mass is 32.2. The molecule has 3 aromatic carbocycles. The summed E-state index contributed by atoms with van der Waals surface area (Å²) in [5, 5.41) is 1.13. The van der Waals surface area contributed by atoms with Crippen molar-refractivity contribution >= 4 is 46.2 Å². The van der Waals surface area contributed by atoms with Crippen molar-refractivity contribution in [3.8, 4) is 5.75 Å². The Balaban J connectivity index is 1.37. The van der Waals surface area contributed by atoms with Crippen LogP contribution in [0.1, 0.15) is 53.4 Å². The van der Waals surface area contributed by atoms with Crippen LogP contribution in [0.4, 0.5) is 0 Å². The second-order valence-corrected chi connectivity index (χ2v) is 11.3. The lowest BCUT2D eigenvalue weighted by atomic mass is 9.87. The first-order chi connectivity index (χ1) is 17.1. The van der Waals surface area contributed by atoms with Gasteiger partial charge in [0.1, 0.15) is 12.4 Å². The Hall–Kier alpha value is -3.42. The van der Waals surface area contributed by atoms with Crippen molar-refractivity contribution in [2.45, 2.75) is 39.7 Å². The van der Waals surface area contributed by atoms with Crippen LogP contribution in [0.15, 0.2) is 77.7 Å². The van der Waals surface area contributed by atoms with Crippen molar-refractivity contribution in [2.75, 3.05) is 0 Å². The van der Waals surface area contributed by atoms with E-state index in [-0.39, 0.29) is 21.5 Å². The summed E-state index contributed by atoms with van der Waals surface area (Å²) >= 11 is 6.49. The maximum absolute atomic E-state index is 12.9. The number of thiocarbonyl (C=S) groups is 1. The highest BCUT2D eigenvalue weighted by Crippen LogP contribution is 2.32. The molecule has 3 aromatic rings. The molecular formula is C29H28N2O3S2. The van der Waals surface area contributed by atoms with Gasteiger partial charge < -0.3 is 4.74 Å². The van der Waals surface area contributed by atoms with Gasteiger partial charge in [0.25, 0.3) is 11.8 Å². The highest BCUT2D eigenvalue weighted by molar-refractivity contribution is 8.26. The number of aryl methyl sites for hydroxylation is 1. The predicted octanol–water partition coefficient (Wildman–Crippen LogP) is 6.42. The molecule has 36 heavy (non-hydrogen) atoms. The standard InChI is InChI=1S/C29H28N2O3S2/c1-19-7-5-6-8-24(19)26(32)30-31-27(33)25(36-28(31)35)17-20-11-15-23(16-12-20)34-18-21-9-13-22(14-10-21)29(2,3)4/h5-17H,18H2,1-4H3,(H,30,32)/b25-17+. The summed E-state index contributed by atoms with van der Waals surface area (Å²) in [5.41, 5.74) is 7.29. The van der Waals surface area contributed by atoms with Gasteiger partial charge in [-0.3, -0.25) is 15.0 Å². The molecule has 5 nitrogen and oxygen atoms in total. The molecule has 1 fully saturated rings.